The van der Waals surface area contributed by atoms with Gasteiger partial charge in [0.2, 0.25) is 0 Å². The molecule has 1 aromatic rings. The van der Waals surface area contributed by atoms with E-state index in [0.29, 0.717) is 17.3 Å². The Hall–Kier alpha value is -0.840. The number of thioether (sulfide) groups is 1. The SMILES string of the molecule is CN=C(NCc1c(F)cccc1OC(F)F)NC1CCCC(SC)C1.I. The van der Waals surface area contributed by atoms with Crippen molar-refractivity contribution in [2.45, 2.75) is 50.1 Å². The fourth-order valence-corrected chi connectivity index (χ4v) is 3.79. The number of benzene rings is 1. The van der Waals surface area contributed by atoms with Crippen molar-refractivity contribution in [2.24, 2.45) is 4.99 Å². The van der Waals surface area contributed by atoms with Gasteiger partial charge in [0, 0.05) is 30.4 Å². The van der Waals surface area contributed by atoms with Crippen LogP contribution in [0.1, 0.15) is 31.2 Å². The molecule has 0 heterocycles. The average molecular weight is 503 g/mol. The quantitative estimate of drug-likeness (QED) is 0.344. The molecule has 9 heteroatoms. The number of nitrogens with zero attached hydrogens (tertiary/aromatic N) is 1. The number of rotatable bonds is 6. The Balaban J connectivity index is 0.00000338. The molecule has 1 saturated carbocycles. The maximum absolute atomic E-state index is 14.0. The highest BCUT2D eigenvalue weighted by Gasteiger charge is 2.22. The van der Waals surface area contributed by atoms with Crippen molar-refractivity contribution in [3.63, 3.8) is 0 Å². The summed E-state index contributed by atoms with van der Waals surface area (Å²) >= 11 is 1.87. The van der Waals surface area contributed by atoms with Crippen LogP contribution in [0.5, 0.6) is 5.75 Å². The first kappa shape index (κ1) is 23.2. The van der Waals surface area contributed by atoms with Crippen LogP contribution in [0.3, 0.4) is 0 Å². The van der Waals surface area contributed by atoms with E-state index in [0.717, 1.165) is 19.3 Å². The molecule has 148 valence electrons. The Morgan fingerprint density at radius 2 is 2.15 bits per heavy atom. The standard InChI is InChI=1S/C17H24F3N3OS.HI/c1-21-17(23-11-5-3-6-12(9-11)25-2)22-10-13-14(18)7-4-8-15(13)24-16(19)20;/h4,7-8,11-12,16H,3,5-6,9-10H2,1-2H3,(H2,21,22,23);1H. The summed E-state index contributed by atoms with van der Waals surface area (Å²) in [7, 11) is 1.63. The Morgan fingerprint density at radius 1 is 1.38 bits per heavy atom. The normalized spacial score (nSPS) is 20.5. The van der Waals surface area contributed by atoms with Crippen molar-refractivity contribution >= 4 is 41.7 Å². The number of ether oxygens (including phenoxy) is 1. The van der Waals surface area contributed by atoms with Crippen LogP contribution in [0.15, 0.2) is 23.2 Å². The summed E-state index contributed by atoms with van der Waals surface area (Å²) in [6, 6.07) is 4.19. The highest BCUT2D eigenvalue weighted by Crippen LogP contribution is 2.27. The van der Waals surface area contributed by atoms with Crippen LogP contribution in [-0.4, -0.2) is 37.2 Å². The van der Waals surface area contributed by atoms with E-state index >= 15 is 0 Å². The molecule has 1 aliphatic carbocycles. The zero-order chi connectivity index (χ0) is 18.2. The summed E-state index contributed by atoms with van der Waals surface area (Å²) in [4.78, 5) is 4.14. The highest BCUT2D eigenvalue weighted by atomic mass is 127. The lowest BCUT2D eigenvalue weighted by atomic mass is 9.95. The number of aliphatic imine (C=N–C) groups is 1. The Morgan fingerprint density at radius 3 is 2.81 bits per heavy atom. The number of hydrogen-bond donors (Lipinski definition) is 2. The molecule has 1 aliphatic rings. The number of halogens is 4. The number of nitrogens with one attached hydrogen (secondary N) is 2. The highest BCUT2D eigenvalue weighted by molar-refractivity contribution is 14.0. The summed E-state index contributed by atoms with van der Waals surface area (Å²) in [6.45, 7) is -2.99. The van der Waals surface area contributed by atoms with Gasteiger partial charge in [0.25, 0.3) is 0 Å². The molecule has 0 aromatic heterocycles. The van der Waals surface area contributed by atoms with Gasteiger partial charge in [-0.3, -0.25) is 4.99 Å². The van der Waals surface area contributed by atoms with Gasteiger partial charge in [-0.05, 0) is 37.7 Å². The summed E-state index contributed by atoms with van der Waals surface area (Å²) in [5.74, 6) is -0.239. The fraction of sp³-hybridized carbons (Fsp3) is 0.588. The third kappa shape index (κ3) is 7.05. The molecule has 0 amide bonds. The summed E-state index contributed by atoms with van der Waals surface area (Å²) in [5, 5.41) is 6.95. The molecule has 2 rings (SSSR count). The van der Waals surface area contributed by atoms with Gasteiger partial charge in [0.15, 0.2) is 5.96 Å². The lowest BCUT2D eigenvalue weighted by Gasteiger charge is -2.30. The van der Waals surface area contributed by atoms with Gasteiger partial charge in [0.05, 0.1) is 0 Å². The summed E-state index contributed by atoms with van der Waals surface area (Å²) in [6.07, 6.45) is 6.58. The van der Waals surface area contributed by atoms with Crippen molar-refractivity contribution < 1.29 is 17.9 Å². The molecule has 0 spiro atoms. The van der Waals surface area contributed by atoms with E-state index in [1.165, 1.54) is 24.6 Å². The average Bonchev–Trinajstić information content (AvgIpc) is 2.59. The van der Waals surface area contributed by atoms with Crippen LogP contribution in [-0.2, 0) is 6.54 Å². The van der Waals surface area contributed by atoms with Crippen molar-refractivity contribution in [3.05, 3.63) is 29.6 Å². The predicted molar refractivity (Wildman–Crippen MR) is 111 cm³/mol. The van der Waals surface area contributed by atoms with Gasteiger partial charge in [-0.1, -0.05) is 12.5 Å². The summed E-state index contributed by atoms with van der Waals surface area (Å²) < 4.78 is 43.3. The van der Waals surface area contributed by atoms with Crippen molar-refractivity contribution in [1.29, 1.82) is 0 Å². The van der Waals surface area contributed by atoms with Gasteiger partial charge < -0.3 is 15.4 Å². The first-order valence-electron chi connectivity index (χ1n) is 8.25. The van der Waals surface area contributed by atoms with Gasteiger partial charge >= 0.3 is 6.61 Å². The molecule has 0 bridgehead atoms. The van der Waals surface area contributed by atoms with E-state index in [9.17, 15) is 13.2 Å². The van der Waals surface area contributed by atoms with Crippen molar-refractivity contribution in [2.75, 3.05) is 13.3 Å². The Bertz CT molecular complexity index is 592. The molecule has 0 aliphatic heterocycles. The molecule has 2 N–H and O–H groups in total. The molecule has 1 fully saturated rings. The van der Waals surface area contributed by atoms with E-state index in [2.05, 4.69) is 26.6 Å². The van der Waals surface area contributed by atoms with E-state index in [-0.39, 0.29) is 41.8 Å². The minimum absolute atomic E-state index is 0. The van der Waals surface area contributed by atoms with Crippen LogP contribution in [0, 0.1) is 5.82 Å². The minimum Gasteiger partial charge on any atom is -0.434 e. The second kappa shape index (κ2) is 11.8. The number of hydrogen-bond acceptors (Lipinski definition) is 3. The third-order valence-corrected chi connectivity index (χ3v) is 5.34. The fourth-order valence-electron chi connectivity index (χ4n) is 2.97. The zero-order valence-electron chi connectivity index (χ0n) is 14.8. The summed E-state index contributed by atoms with van der Waals surface area (Å²) in [5.41, 5.74) is 0.0522. The molecule has 2 unspecified atom stereocenters. The van der Waals surface area contributed by atoms with Crippen molar-refractivity contribution in [3.8, 4) is 5.75 Å². The number of guanidine groups is 1. The zero-order valence-corrected chi connectivity index (χ0v) is 18.0. The third-order valence-electron chi connectivity index (χ3n) is 4.25. The first-order valence-corrected chi connectivity index (χ1v) is 9.54. The predicted octanol–water partition coefficient (Wildman–Crippen LogP) is 4.38. The Kier molecular flexibility index (Phi) is 10.5. The van der Waals surface area contributed by atoms with E-state index in [1.807, 2.05) is 11.8 Å². The lowest BCUT2D eigenvalue weighted by Crippen LogP contribution is -2.45. The van der Waals surface area contributed by atoms with Crippen LogP contribution in [0.4, 0.5) is 13.2 Å². The lowest BCUT2D eigenvalue weighted by molar-refractivity contribution is -0.0506. The van der Waals surface area contributed by atoms with Gasteiger partial charge in [-0.2, -0.15) is 20.5 Å². The smallest absolute Gasteiger partial charge is 0.387 e. The molecule has 0 radical (unpaired) electrons. The maximum atomic E-state index is 14.0. The second-order valence-corrected chi connectivity index (χ2v) is 7.02. The van der Waals surface area contributed by atoms with E-state index in [4.69, 9.17) is 0 Å². The maximum Gasteiger partial charge on any atom is 0.387 e. The van der Waals surface area contributed by atoms with Gasteiger partial charge in [0.1, 0.15) is 11.6 Å². The molecule has 26 heavy (non-hydrogen) atoms. The minimum atomic E-state index is -3.00. The number of alkyl halides is 2. The molecular formula is C17H25F3IN3OS. The monoisotopic (exact) mass is 503 g/mol. The van der Waals surface area contributed by atoms with Crippen LogP contribution >= 0.6 is 35.7 Å². The first-order chi connectivity index (χ1) is 12.0. The van der Waals surface area contributed by atoms with E-state index < -0.39 is 12.4 Å². The molecule has 1 aromatic carbocycles. The van der Waals surface area contributed by atoms with Crippen LogP contribution < -0.4 is 15.4 Å². The van der Waals surface area contributed by atoms with Crippen molar-refractivity contribution in [1.82, 2.24) is 10.6 Å². The molecular weight excluding hydrogens is 478 g/mol. The molecule has 0 saturated heterocycles. The van der Waals surface area contributed by atoms with Gasteiger partial charge in [-0.15, -0.1) is 24.0 Å². The Labute approximate surface area is 173 Å². The van der Waals surface area contributed by atoms with Crippen LogP contribution in [0.25, 0.3) is 0 Å². The molecule has 4 nitrogen and oxygen atoms in total. The topological polar surface area (TPSA) is 45.7 Å². The second-order valence-electron chi connectivity index (χ2n) is 5.89. The largest absolute Gasteiger partial charge is 0.434 e. The van der Waals surface area contributed by atoms with E-state index in [1.54, 1.807) is 7.05 Å². The molecule has 2 atom stereocenters. The van der Waals surface area contributed by atoms with Gasteiger partial charge in [-0.25, -0.2) is 4.39 Å². The van der Waals surface area contributed by atoms with Crippen LogP contribution in [0.2, 0.25) is 0 Å².